The van der Waals surface area contributed by atoms with Gasteiger partial charge >= 0.3 is 5.97 Å². The van der Waals surface area contributed by atoms with Crippen LogP contribution in [-0.4, -0.2) is 57.1 Å². The Morgan fingerprint density at radius 1 is 1.20 bits per heavy atom. The summed E-state index contributed by atoms with van der Waals surface area (Å²) in [5.74, 6) is -0.931. The summed E-state index contributed by atoms with van der Waals surface area (Å²) in [6, 6.07) is 13.7. The largest absolute Gasteiger partial charge is 0.497 e. The minimum Gasteiger partial charge on any atom is -0.497 e. The van der Waals surface area contributed by atoms with Crippen LogP contribution in [0.4, 0.5) is 5.69 Å². The lowest BCUT2D eigenvalue weighted by molar-refractivity contribution is -0.152. The van der Waals surface area contributed by atoms with Crippen molar-refractivity contribution in [1.29, 1.82) is 0 Å². The molecule has 0 unspecified atom stereocenters. The number of hydrogen-bond acceptors (Lipinski definition) is 6. The molecule has 0 N–H and O–H groups in total. The van der Waals surface area contributed by atoms with E-state index in [0.29, 0.717) is 16.2 Å². The standard InChI is InChI=1S/C22H26N2O4S.ClH/c1-15(25)28-20-21(16-9-11-17(27-4)12-10-16)29-19-8-6-5-7-18(19)24(22(20)26)14-13-23(2)3;/h5-12,20-21H,13-14H2,1-4H3;1H/t20-,21+;/m0./s1/i13D2,14D2;. The Morgan fingerprint density at radius 2 is 1.87 bits per heavy atom. The summed E-state index contributed by atoms with van der Waals surface area (Å²) >= 11 is 1.25. The highest BCUT2D eigenvalue weighted by molar-refractivity contribution is 7.99. The van der Waals surface area contributed by atoms with Gasteiger partial charge in [0.25, 0.3) is 5.91 Å². The van der Waals surface area contributed by atoms with Crippen molar-refractivity contribution in [2.45, 2.75) is 23.2 Å². The zero-order valence-electron chi connectivity index (χ0n) is 21.1. The molecule has 3 rings (SSSR count). The molecule has 30 heavy (non-hydrogen) atoms. The fraction of sp³-hybridized carbons (Fsp3) is 0.364. The Kier molecular flexibility index (Phi) is 6.61. The lowest BCUT2D eigenvalue weighted by Gasteiger charge is -2.28. The van der Waals surface area contributed by atoms with E-state index in [1.54, 1.807) is 48.5 Å². The molecule has 0 saturated heterocycles. The molecule has 0 radical (unpaired) electrons. The summed E-state index contributed by atoms with van der Waals surface area (Å²) in [7, 11) is 4.32. The molecule has 1 amide bonds. The van der Waals surface area contributed by atoms with E-state index in [-0.39, 0.29) is 18.1 Å². The van der Waals surface area contributed by atoms with Crippen LogP contribution in [0, 0.1) is 0 Å². The molecule has 1 aliphatic rings. The number of benzene rings is 2. The molecule has 2 aromatic carbocycles. The number of carbonyl (C=O) groups excluding carboxylic acids is 2. The van der Waals surface area contributed by atoms with Gasteiger partial charge in [0.1, 0.15) is 5.75 Å². The third-order valence-electron chi connectivity index (χ3n) is 4.22. The summed E-state index contributed by atoms with van der Waals surface area (Å²) in [4.78, 5) is 28.2. The Labute approximate surface area is 193 Å². The van der Waals surface area contributed by atoms with Gasteiger partial charge in [-0.3, -0.25) is 9.59 Å². The molecule has 2 aromatic rings. The molecule has 162 valence electrons. The molecule has 6 nitrogen and oxygen atoms in total. The molecule has 8 heteroatoms. The van der Waals surface area contributed by atoms with Gasteiger partial charge in [0, 0.05) is 27.6 Å². The fourth-order valence-corrected chi connectivity index (χ4v) is 4.21. The number of carbonyl (C=O) groups is 2. The SMILES string of the molecule is Cl.[2H]C([2H])(N(C)C)C([2H])([2H])N1C(=O)[C@@H](OC(C)=O)[C@@H](c2ccc(OC)cc2)Sc2ccccc21. The van der Waals surface area contributed by atoms with Gasteiger partial charge in [0.15, 0.2) is 6.10 Å². The molecule has 0 bridgehead atoms. The molecular formula is C22H27ClN2O4S. The van der Waals surface area contributed by atoms with Gasteiger partial charge < -0.3 is 19.3 Å². The quantitative estimate of drug-likeness (QED) is 0.619. The van der Waals surface area contributed by atoms with Gasteiger partial charge in [-0.25, -0.2) is 0 Å². The number of methoxy groups -OCH3 is 1. The number of rotatable bonds is 6. The lowest BCUT2D eigenvalue weighted by Crippen LogP contribution is -2.45. The van der Waals surface area contributed by atoms with E-state index in [9.17, 15) is 9.59 Å². The molecule has 0 aromatic heterocycles. The minimum atomic E-state index is -2.79. The number of fused-ring (bicyclic) bond motifs is 1. The summed E-state index contributed by atoms with van der Waals surface area (Å²) in [6.45, 7) is -4.17. The van der Waals surface area contributed by atoms with Crippen LogP contribution in [0.2, 0.25) is 0 Å². The second kappa shape index (κ2) is 10.7. The van der Waals surface area contributed by atoms with Crippen molar-refractivity contribution in [3.8, 4) is 5.75 Å². The van der Waals surface area contributed by atoms with E-state index in [1.165, 1.54) is 39.9 Å². The summed E-state index contributed by atoms with van der Waals surface area (Å²) in [5.41, 5.74) is 0.879. The molecule has 0 fully saturated rings. The van der Waals surface area contributed by atoms with Crippen molar-refractivity contribution in [1.82, 2.24) is 4.90 Å². The van der Waals surface area contributed by atoms with Gasteiger partial charge in [0.05, 0.1) is 20.8 Å². The second-order valence-corrected chi connectivity index (χ2v) is 7.78. The number of anilines is 1. The van der Waals surface area contributed by atoms with Crippen molar-refractivity contribution < 1.29 is 24.5 Å². The topological polar surface area (TPSA) is 59.1 Å². The van der Waals surface area contributed by atoms with Gasteiger partial charge in [-0.1, -0.05) is 24.3 Å². The average Bonchev–Trinajstić information content (AvgIpc) is 2.88. The Morgan fingerprint density at radius 3 is 2.47 bits per heavy atom. The zero-order chi connectivity index (χ0) is 24.6. The van der Waals surface area contributed by atoms with Gasteiger partial charge in [-0.05, 0) is 43.9 Å². The van der Waals surface area contributed by atoms with E-state index in [2.05, 4.69) is 0 Å². The third-order valence-corrected chi connectivity index (χ3v) is 5.59. The predicted molar refractivity (Wildman–Crippen MR) is 122 cm³/mol. The van der Waals surface area contributed by atoms with E-state index in [0.717, 1.165) is 9.80 Å². The average molecular weight is 455 g/mol. The molecular weight excluding hydrogens is 424 g/mol. The smallest absolute Gasteiger partial charge is 0.303 e. The Hall–Kier alpha value is -2.22. The lowest BCUT2D eigenvalue weighted by atomic mass is 10.1. The van der Waals surface area contributed by atoms with Crippen LogP contribution in [0.3, 0.4) is 0 Å². The first kappa shape index (κ1) is 18.5. The molecule has 0 aliphatic carbocycles. The third kappa shape index (κ3) is 5.47. The van der Waals surface area contributed by atoms with Crippen molar-refractivity contribution in [3.05, 3.63) is 54.1 Å². The highest BCUT2D eigenvalue weighted by atomic mass is 35.5. The van der Waals surface area contributed by atoms with Gasteiger partial charge in [-0.2, -0.15) is 0 Å². The highest BCUT2D eigenvalue weighted by Crippen LogP contribution is 2.46. The van der Waals surface area contributed by atoms with Crippen LogP contribution in [0.25, 0.3) is 0 Å². The first-order valence-electron chi connectivity index (χ1n) is 11.0. The van der Waals surface area contributed by atoms with Gasteiger partial charge in [0.2, 0.25) is 0 Å². The monoisotopic (exact) mass is 454 g/mol. The number of thioether (sulfide) groups is 1. The number of likely N-dealkylation sites (N-methyl/N-ethyl adjacent to an activating group) is 1. The van der Waals surface area contributed by atoms with E-state index in [4.69, 9.17) is 15.0 Å². The maximum atomic E-state index is 13.9. The number of hydrogen-bond donors (Lipinski definition) is 0. The number of amides is 1. The maximum Gasteiger partial charge on any atom is 0.303 e. The van der Waals surface area contributed by atoms with E-state index < -0.39 is 36.2 Å². The van der Waals surface area contributed by atoms with Crippen LogP contribution in [0.5, 0.6) is 5.75 Å². The number of ether oxygens (including phenoxy) is 2. The molecule has 2 atom stereocenters. The van der Waals surface area contributed by atoms with E-state index >= 15 is 0 Å². The molecule has 0 spiro atoms. The molecule has 0 saturated carbocycles. The fourth-order valence-electron chi connectivity index (χ4n) is 2.91. The highest BCUT2D eigenvalue weighted by Gasteiger charge is 2.40. The molecule has 1 heterocycles. The maximum absolute atomic E-state index is 13.9. The van der Waals surface area contributed by atoms with Crippen LogP contribution in [-0.2, 0) is 14.3 Å². The Bertz CT molecular complexity index is 1040. The van der Waals surface area contributed by atoms with Crippen LogP contribution in [0.15, 0.2) is 53.4 Å². The number of halogens is 1. The Balaban J connectivity index is 0.00000408. The normalized spacial score (nSPS) is 21.2. The summed E-state index contributed by atoms with van der Waals surface area (Å²) in [6.07, 6.45) is -1.39. The predicted octanol–water partition coefficient (Wildman–Crippen LogP) is 3.79. The number of para-hydroxylation sites is 1. The summed E-state index contributed by atoms with van der Waals surface area (Å²) in [5, 5.41) is -0.695. The first-order chi connectivity index (χ1) is 15.4. The van der Waals surface area contributed by atoms with Crippen molar-refractivity contribution in [2.24, 2.45) is 0 Å². The summed E-state index contributed by atoms with van der Waals surface area (Å²) < 4.78 is 44.8. The second-order valence-electron chi connectivity index (χ2n) is 6.60. The van der Waals surface area contributed by atoms with Crippen LogP contribution in [0.1, 0.15) is 23.2 Å². The zero-order valence-corrected chi connectivity index (χ0v) is 18.8. The van der Waals surface area contributed by atoms with Crippen molar-refractivity contribution in [3.63, 3.8) is 0 Å². The minimum absolute atomic E-state index is 0. The van der Waals surface area contributed by atoms with Gasteiger partial charge in [-0.15, -0.1) is 24.2 Å². The van der Waals surface area contributed by atoms with Crippen molar-refractivity contribution >= 4 is 41.7 Å². The molecule has 1 aliphatic heterocycles. The van der Waals surface area contributed by atoms with Crippen LogP contribution >= 0.6 is 24.2 Å². The van der Waals surface area contributed by atoms with E-state index in [1.807, 2.05) is 0 Å². The van der Waals surface area contributed by atoms with Crippen molar-refractivity contribution in [2.75, 3.05) is 39.1 Å². The number of nitrogens with zero attached hydrogens (tertiary/aromatic N) is 2. The van der Waals surface area contributed by atoms with Crippen LogP contribution < -0.4 is 9.64 Å². The number of esters is 1. The first-order valence-corrected chi connectivity index (χ1v) is 9.88.